The molecule has 116 valence electrons. The smallest absolute Gasteiger partial charge is 0.0564 e. The first kappa shape index (κ1) is 14.8. The van der Waals surface area contributed by atoms with Crippen molar-refractivity contribution in [1.29, 1.82) is 0 Å². The Hall–Kier alpha value is -1.13. The van der Waals surface area contributed by atoms with Gasteiger partial charge in [0.1, 0.15) is 0 Å². The lowest BCUT2D eigenvalue weighted by Gasteiger charge is -2.25. The van der Waals surface area contributed by atoms with Crippen LogP contribution in [0.25, 0.3) is 0 Å². The van der Waals surface area contributed by atoms with Crippen molar-refractivity contribution in [3.05, 3.63) is 24.0 Å². The standard InChI is InChI=1S/C17H28N4/c1-2-7-18-15-6-8-19-16(12-15)13-20-9-4-11-21-10-3-5-17(21)14-20/h6,8,12,17H,2-5,7,9-11,13-14H2,1H3,(H,18,19). The molecule has 0 spiro atoms. The van der Waals surface area contributed by atoms with Crippen LogP contribution in [-0.4, -0.2) is 53.5 Å². The van der Waals surface area contributed by atoms with Gasteiger partial charge in [-0.25, -0.2) is 0 Å². The average Bonchev–Trinajstić information content (AvgIpc) is 2.84. The maximum atomic E-state index is 4.56. The van der Waals surface area contributed by atoms with Crippen LogP contribution in [0.15, 0.2) is 18.3 Å². The number of nitrogens with one attached hydrogen (secondary N) is 1. The molecule has 2 aliphatic heterocycles. The first-order chi connectivity index (χ1) is 10.3. The van der Waals surface area contributed by atoms with E-state index in [0.717, 1.165) is 25.6 Å². The molecule has 3 rings (SSSR count). The van der Waals surface area contributed by atoms with E-state index in [2.05, 4.69) is 39.2 Å². The molecule has 0 amide bonds. The predicted molar refractivity (Wildman–Crippen MR) is 87.5 cm³/mol. The van der Waals surface area contributed by atoms with Crippen molar-refractivity contribution in [2.45, 2.75) is 45.2 Å². The third-order valence-corrected chi connectivity index (χ3v) is 4.67. The zero-order valence-corrected chi connectivity index (χ0v) is 13.2. The van der Waals surface area contributed by atoms with Crippen LogP contribution in [0.5, 0.6) is 0 Å². The van der Waals surface area contributed by atoms with Gasteiger partial charge in [0, 0.05) is 37.6 Å². The van der Waals surface area contributed by atoms with Crippen LogP contribution < -0.4 is 5.32 Å². The minimum atomic E-state index is 0.786. The first-order valence-corrected chi connectivity index (χ1v) is 8.50. The molecule has 4 nitrogen and oxygen atoms in total. The summed E-state index contributed by atoms with van der Waals surface area (Å²) in [5.41, 5.74) is 2.40. The molecule has 2 aliphatic rings. The summed E-state index contributed by atoms with van der Waals surface area (Å²) in [4.78, 5) is 9.85. The highest BCUT2D eigenvalue weighted by Crippen LogP contribution is 2.22. The molecule has 0 bridgehead atoms. The minimum Gasteiger partial charge on any atom is -0.385 e. The van der Waals surface area contributed by atoms with Crippen molar-refractivity contribution in [1.82, 2.24) is 14.8 Å². The molecule has 1 unspecified atom stereocenters. The van der Waals surface area contributed by atoms with Gasteiger partial charge < -0.3 is 5.32 Å². The Kier molecular flexibility index (Phi) is 5.09. The van der Waals surface area contributed by atoms with Gasteiger partial charge in [-0.15, -0.1) is 0 Å². The second-order valence-electron chi connectivity index (χ2n) is 6.38. The summed E-state index contributed by atoms with van der Waals surface area (Å²) in [6.07, 6.45) is 7.15. The lowest BCUT2D eigenvalue weighted by Crippen LogP contribution is -2.36. The van der Waals surface area contributed by atoms with Gasteiger partial charge in [0.25, 0.3) is 0 Å². The first-order valence-electron chi connectivity index (χ1n) is 8.50. The van der Waals surface area contributed by atoms with E-state index in [1.165, 1.54) is 56.8 Å². The Labute approximate surface area is 128 Å². The van der Waals surface area contributed by atoms with Gasteiger partial charge in [-0.3, -0.25) is 14.8 Å². The Morgan fingerprint density at radius 3 is 3.10 bits per heavy atom. The highest BCUT2D eigenvalue weighted by molar-refractivity contribution is 5.43. The zero-order valence-electron chi connectivity index (χ0n) is 13.2. The van der Waals surface area contributed by atoms with Crippen LogP contribution >= 0.6 is 0 Å². The molecule has 1 aromatic heterocycles. The molecule has 1 atom stereocenters. The number of fused-ring (bicyclic) bond motifs is 1. The van der Waals surface area contributed by atoms with Gasteiger partial charge in [-0.1, -0.05) is 6.92 Å². The molecule has 0 saturated carbocycles. The number of anilines is 1. The molecule has 0 radical (unpaired) electrons. The third-order valence-electron chi connectivity index (χ3n) is 4.67. The van der Waals surface area contributed by atoms with Gasteiger partial charge in [0.15, 0.2) is 0 Å². The predicted octanol–water partition coefficient (Wildman–Crippen LogP) is 2.57. The molecule has 1 N–H and O–H groups in total. The Morgan fingerprint density at radius 2 is 2.19 bits per heavy atom. The molecular weight excluding hydrogens is 260 g/mol. The summed E-state index contributed by atoms with van der Waals surface area (Å²) in [7, 11) is 0. The van der Waals surface area contributed by atoms with Crippen LogP contribution in [0.2, 0.25) is 0 Å². The second kappa shape index (κ2) is 7.23. The second-order valence-corrected chi connectivity index (χ2v) is 6.38. The summed E-state index contributed by atoms with van der Waals surface area (Å²) in [5, 5.41) is 3.45. The van der Waals surface area contributed by atoms with Crippen LogP contribution in [-0.2, 0) is 6.54 Å². The van der Waals surface area contributed by atoms with Gasteiger partial charge in [-0.2, -0.15) is 0 Å². The molecule has 2 fully saturated rings. The van der Waals surface area contributed by atoms with E-state index in [9.17, 15) is 0 Å². The van der Waals surface area contributed by atoms with E-state index in [1.54, 1.807) is 0 Å². The monoisotopic (exact) mass is 288 g/mol. The quantitative estimate of drug-likeness (QED) is 0.902. The van der Waals surface area contributed by atoms with Crippen molar-refractivity contribution in [3.8, 4) is 0 Å². The SMILES string of the molecule is CCCNc1ccnc(CN2CCCN3CCCC3C2)c1. The number of hydrogen-bond donors (Lipinski definition) is 1. The van der Waals surface area contributed by atoms with Crippen molar-refractivity contribution < 1.29 is 0 Å². The van der Waals surface area contributed by atoms with E-state index in [0.29, 0.717) is 0 Å². The summed E-state index contributed by atoms with van der Waals surface area (Å²) in [6.45, 7) is 9.24. The van der Waals surface area contributed by atoms with Crippen molar-refractivity contribution in [3.63, 3.8) is 0 Å². The van der Waals surface area contributed by atoms with E-state index >= 15 is 0 Å². The van der Waals surface area contributed by atoms with E-state index in [4.69, 9.17) is 0 Å². The number of pyridine rings is 1. The number of nitrogens with zero attached hydrogens (tertiary/aromatic N) is 3. The summed E-state index contributed by atoms with van der Waals surface area (Å²) >= 11 is 0. The molecule has 2 saturated heterocycles. The Morgan fingerprint density at radius 1 is 1.29 bits per heavy atom. The van der Waals surface area contributed by atoms with E-state index in [-0.39, 0.29) is 0 Å². The molecule has 0 aromatic carbocycles. The van der Waals surface area contributed by atoms with Crippen molar-refractivity contribution in [2.75, 3.05) is 38.0 Å². The lowest BCUT2D eigenvalue weighted by molar-refractivity contribution is 0.214. The fourth-order valence-corrected chi connectivity index (χ4v) is 3.60. The fourth-order valence-electron chi connectivity index (χ4n) is 3.60. The molecule has 1 aromatic rings. The van der Waals surface area contributed by atoms with Gasteiger partial charge in [-0.05, 0) is 57.5 Å². The van der Waals surface area contributed by atoms with E-state index < -0.39 is 0 Å². The third kappa shape index (κ3) is 3.95. The highest BCUT2D eigenvalue weighted by atomic mass is 15.3. The van der Waals surface area contributed by atoms with Gasteiger partial charge in [0.2, 0.25) is 0 Å². The normalized spacial score (nSPS) is 23.8. The van der Waals surface area contributed by atoms with Crippen LogP contribution in [0.4, 0.5) is 5.69 Å². The fraction of sp³-hybridized carbons (Fsp3) is 0.706. The van der Waals surface area contributed by atoms with Crippen LogP contribution in [0.1, 0.15) is 38.3 Å². The average molecular weight is 288 g/mol. The van der Waals surface area contributed by atoms with Crippen molar-refractivity contribution >= 4 is 5.69 Å². The molecule has 3 heterocycles. The molecule has 21 heavy (non-hydrogen) atoms. The minimum absolute atomic E-state index is 0.786. The summed E-state index contributed by atoms with van der Waals surface area (Å²) in [6, 6.07) is 5.07. The molecular formula is C17H28N4. The number of aromatic nitrogens is 1. The molecule has 4 heteroatoms. The molecule has 0 aliphatic carbocycles. The van der Waals surface area contributed by atoms with Crippen LogP contribution in [0, 0.1) is 0 Å². The highest BCUT2D eigenvalue weighted by Gasteiger charge is 2.28. The van der Waals surface area contributed by atoms with E-state index in [1.807, 2.05) is 6.20 Å². The van der Waals surface area contributed by atoms with Gasteiger partial charge in [0.05, 0.1) is 5.69 Å². The number of rotatable bonds is 5. The van der Waals surface area contributed by atoms with Crippen LogP contribution in [0.3, 0.4) is 0 Å². The van der Waals surface area contributed by atoms with Crippen molar-refractivity contribution in [2.24, 2.45) is 0 Å². The summed E-state index contributed by atoms with van der Waals surface area (Å²) in [5.74, 6) is 0. The number of hydrogen-bond acceptors (Lipinski definition) is 4. The van der Waals surface area contributed by atoms with Gasteiger partial charge >= 0.3 is 0 Å². The zero-order chi connectivity index (χ0) is 14.5. The lowest BCUT2D eigenvalue weighted by atomic mass is 10.2. The summed E-state index contributed by atoms with van der Waals surface area (Å²) < 4.78 is 0. The Balaban J connectivity index is 1.60. The maximum absolute atomic E-state index is 4.56. The topological polar surface area (TPSA) is 31.4 Å². The maximum Gasteiger partial charge on any atom is 0.0564 e. The Bertz CT molecular complexity index is 448. The largest absolute Gasteiger partial charge is 0.385 e.